The lowest BCUT2D eigenvalue weighted by atomic mass is 9.79. The predicted molar refractivity (Wildman–Crippen MR) is 139 cm³/mol. The number of hydroxylamine groups is 4. The van der Waals surface area contributed by atoms with Gasteiger partial charge in [0.1, 0.15) is 12.2 Å². The molecule has 2 aliphatic heterocycles. The van der Waals surface area contributed by atoms with Crippen LogP contribution in [0.25, 0.3) is 0 Å². The molecule has 0 radical (unpaired) electrons. The highest BCUT2D eigenvalue weighted by molar-refractivity contribution is 5.70. The van der Waals surface area contributed by atoms with Crippen molar-refractivity contribution in [3.63, 3.8) is 0 Å². The molecular formula is C28H52N2O6. The Hall–Kier alpha value is -1.22. The van der Waals surface area contributed by atoms with Gasteiger partial charge in [-0.15, -0.1) is 0 Å². The van der Waals surface area contributed by atoms with E-state index in [1.807, 2.05) is 55.4 Å². The molecule has 0 spiro atoms. The van der Waals surface area contributed by atoms with E-state index in [1.54, 1.807) is 0 Å². The van der Waals surface area contributed by atoms with Gasteiger partial charge in [-0.2, -0.15) is 10.1 Å². The van der Waals surface area contributed by atoms with E-state index in [1.165, 1.54) is 10.1 Å². The summed E-state index contributed by atoms with van der Waals surface area (Å²) in [5.41, 5.74) is -0.854. The Morgan fingerprint density at radius 3 is 1.56 bits per heavy atom. The quantitative estimate of drug-likeness (QED) is 0.268. The maximum absolute atomic E-state index is 12.4. The van der Waals surface area contributed by atoms with Crippen molar-refractivity contribution in [2.75, 3.05) is 0 Å². The number of ether oxygens (including phenoxy) is 2. The second kappa shape index (κ2) is 13.0. The number of piperidine rings is 2. The van der Waals surface area contributed by atoms with Crippen LogP contribution < -0.4 is 0 Å². The van der Waals surface area contributed by atoms with Gasteiger partial charge in [0.05, 0.1) is 0 Å². The summed E-state index contributed by atoms with van der Waals surface area (Å²) in [4.78, 5) is 24.7. The fourth-order valence-electron chi connectivity index (χ4n) is 6.06. The van der Waals surface area contributed by atoms with Gasteiger partial charge in [-0.1, -0.05) is 39.5 Å². The molecule has 36 heavy (non-hydrogen) atoms. The zero-order chi connectivity index (χ0) is 27.3. The largest absolute Gasteiger partial charge is 0.462 e. The number of hydrogen-bond acceptors (Lipinski definition) is 8. The van der Waals surface area contributed by atoms with Gasteiger partial charge < -0.3 is 19.9 Å². The first-order valence-corrected chi connectivity index (χ1v) is 14.0. The molecule has 2 aliphatic rings. The molecule has 210 valence electrons. The van der Waals surface area contributed by atoms with Gasteiger partial charge in [-0.3, -0.25) is 9.59 Å². The van der Waals surface area contributed by atoms with Crippen molar-refractivity contribution in [1.29, 1.82) is 0 Å². The van der Waals surface area contributed by atoms with Crippen LogP contribution in [0.15, 0.2) is 0 Å². The van der Waals surface area contributed by atoms with Crippen LogP contribution in [0.1, 0.15) is 120 Å². The molecule has 0 saturated carbocycles. The third kappa shape index (κ3) is 8.14. The fraction of sp³-hybridized carbons (Fsp3) is 0.929. The summed E-state index contributed by atoms with van der Waals surface area (Å²) >= 11 is 0. The third-order valence-electron chi connectivity index (χ3n) is 8.57. The van der Waals surface area contributed by atoms with Crippen molar-refractivity contribution in [3.05, 3.63) is 0 Å². The van der Waals surface area contributed by atoms with Crippen LogP contribution in [0, 0.1) is 11.8 Å². The van der Waals surface area contributed by atoms with E-state index in [0.29, 0.717) is 25.7 Å². The van der Waals surface area contributed by atoms with Crippen LogP contribution in [0.3, 0.4) is 0 Å². The molecule has 0 aromatic rings. The summed E-state index contributed by atoms with van der Waals surface area (Å²) < 4.78 is 11.6. The summed E-state index contributed by atoms with van der Waals surface area (Å²) in [6.45, 7) is 15.9. The monoisotopic (exact) mass is 512 g/mol. The molecule has 2 rings (SSSR count). The number of carbonyl (C=O) groups is 2. The number of hydrogen-bond donors (Lipinski definition) is 2. The van der Waals surface area contributed by atoms with E-state index in [9.17, 15) is 20.0 Å². The Balaban J connectivity index is 1.56. The Morgan fingerprint density at radius 2 is 1.11 bits per heavy atom. The number of nitrogens with zero attached hydrogens (tertiary/aromatic N) is 2. The van der Waals surface area contributed by atoms with Crippen LogP contribution in [0.2, 0.25) is 0 Å². The molecule has 8 nitrogen and oxygen atoms in total. The van der Waals surface area contributed by atoms with Gasteiger partial charge in [0.2, 0.25) is 0 Å². The van der Waals surface area contributed by atoms with Crippen LogP contribution in [0.4, 0.5) is 0 Å². The molecule has 2 heterocycles. The fourth-order valence-corrected chi connectivity index (χ4v) is 6.06. The molecule has 0 aromatic heterocycles. The van der Waals surface area contributed by atoms with Crippen molar-refractivity contribution < 1.29 is 29.5 Å². The second-order valence-electron chi connectivity index (χ2n) is 12.6. The topological polar surface area (TPSA) is 99.5 Å². The zero-order valence-corrected chi connectivity index (χ0v) is 24.0. The van der Waals surface area contributed by atoms with E-state index in [-0.39, 0.29) is 48.1 Å². The molecule has 2 N–H and O–H groups in total. The van der Waals surface area contributed by atoms with Crippen molar-refractivity contribution in [3.8, 4) is 0 Å². The van der Waals surface area contributed by atoms with Crippen LogP contribution in [0.5, 0.6) is 0 Å². The molecule has 8 heteroatoms. The van der Waals surface area contributed by atoms with Gasteiger partial charge in [0, 0.05) is 60.7 Å². The molecule has 0 amide bonds. The Labute approximate surface area is 218 Å². The standard InChI is InChI=1S/C28H52N2O6/c1-19-21(3)29(33)22(4)20(2)26(19)36-25(32)16-14-12-10-9-11-13-15-24(31)35-23-17-27(5,6)30(34)28(7,8)18-23/h19-23,26,33-34H,9-18H2,1-8H3. The number of unbranched alkanes of at least 4 members (excludes halogenated alkanes) is 5. The highest BCUT2D eigenvalue weighted by Gasteiger charge is 2.46. The first-order valence-electron chi connectivity index (χ1n) is 14.0. The summed E-state index contributed by atoms with van der Waals surface area (Å²) in [7, 11) is 0. The maximum atomic E-state index is 12.4. The van der Waals surface area contributed by atoms with Crippen molar-refractivity contribution in [2.24, 2.45) is 11.8 Å². The number of carbonyl (C=O) groups excluding carboxylic acids is 2. The Bertz CT molecular complexity index is 693. The minimum Gasteiger partial charge on any atom is -0.462 e. The third-order valence-corrected chi connectivity index (χ3v) is 8.57. The molecule has 2 saturated heterocycles. The van der Waals surface area contributed by atoms with Crippen molar-refractivity contribution in [2.45, 2.75) is 155 Å². The maximum Gasteiger partial charge on any atom is 0.306 e. The molecule has 2 fully saturated rings. The smallest absolute Gasteiger partial charge is 0.306 e. The first-order chi connectivity index (χ1) is 16.7. The Kier molecular flexibility index (Phi) is 11.2. The molecule has 0 bridgehead atoms. The molecule has 0 aliphatic carbocycles. The summed E-state index contributed by atoms with van der Waals surface area (Å²) in [5.74, 6) is -0.139. The van der Waals surface area contributed by atoms with Crippen molar-refractivity contribution in [1.82, 2.24) is 10.1 Å². The SMILES string of the molecule is CC1C(OC(=O)CCCCCCCCC(=O)OC2CC(C)(C)N(O)C(C)(C)C2)C(C)C(C)N(O)C1C. The highest BCUT2D eigenvalue weighted by Crippen LogP contribution is 2.38. The zero-order valence-electron chi connectivity index (χ0n) is 24.0. The highest BCUT2D eigenvalue weighted by atomic mass is 16.6. The summed E-state index contributed by atoms with van der Waals surface area (Å²) in [6, 6.07) is -0.0860. The molecule has 4 atom stereocenters. The number of esters is 2. The van der Waals surface area contributed by atoms with E-state index in [2.05, 4.69) is 0 Å². The molecular weight excluding hydrogens is 460 g/mol. The summed E-state index contributed by atoms with van der Waals surface area (Å²) in [5, 5.41) is 23.4. The van der Waals surface area contributed by atoms with Crippen LogP contribution in [-0.2, 0) is 19.1 Å². The second-order valence-corrected chi connectivity index (χ2v) is 12.6. The van der Waals surface area contributed by atoms with Crippen LogP contribution in [-0.4, -0.2) is 67.8 Å². The Morgan fingerprint density at radius 1 is 0.722 bits per heavy atom. The minimum atomic E-state index is -0.427. The van der Waals surface area contributed by atoms with E-state index in [0.717, 1.165) is 38.5 Å². The van der Waals surface area contributed by atoms with E-state index in [4.69, 9.17) is 9.47 Å². The summed E-state index contributed by atoms with van der Waals surface area (Å²) in [6.07, 6.45) is 7.37. The van der Waals surface area contributed by atoms with E-state index < -0.39 is 11.1 Å². The normalized spacial score (nSPS) is 31.2. The number of rotatable bonds is 11. The lowest BCUT2D eigenvalue weighted by Crippen LogP contribution is -2.60. The molecule has 4 unspecified atom stereocenters. The lowest BCUT2D eigenvalue weighted by molar-refractivity contribution is -0.259. The minimum absolute atomic E-state index is 0.0430. The first kappa shape index (κ1) is 31.0. The van der Waals surface area contributed by atoms with Gasteiger partial charge in [-0.05, 0) is 54.4 Å². The van der Waals surface area contributed by atoms with Crippen molar-refractivity contribution >= 4 is 11.9 Å². The van der Waals surface area contributed by atoms with Gasteiger partial charge in [-0.25, -0.2) is 0 Å². The average molecular weight is 513 g/mol. The van der Waals surface area contributed by atoms with Gasteiger partial charge >= 0.3 is 11.9 Å². The van der Waals surface area contributed by atoms with Gasteiger partial charge in [0.25, 0.3) is 0 Å². The van der Waals surface area contributed by atoms with Crippen LogP contribution >= 0.6 is 0 Å². The predicted octanol–water partition coefficient (Wildman–Crippen LogP) is 5.73. The van der Waals surface area contributed by atoms with Gasteiger partial charge in [0.15, 0.2) is 0 Å². The van der Waals surface area contributed by atoms with E-state index >= 15 is 0 Å². The lowest BCUT2D eigenvalue weighted by Gasteiger charge is -2.50. The molecule has 0 aromatic carbocycles. The average Bonchev–Trinajstić information content (AvgIpc) is 2.79.